The fourth-order valence-electron chi connectivity index (χ4n) is 2.74. The Kier molecular flexibility index (Phi) is 3.25. The minimum Gasteiger partial charge on any atom is -0.508 e. The smallest absolute Gasteiger partial charge is 0.341 e. The van der Waals surface area contributed by atoms with Crippen molar-refractivity contribution >= 4 is 11.9 Å². The van der Waals surface area contributed by atoms with Crippen LogP contribution in [0.3, 0.4) is 0 Å². The van der Waals surface area contributed by atoms with Crippen molar-refractivity contribution in [2.24, 2.45) is 0 Å². The zero-order valence-corrected chi connectivity index (χ0v) is 12.2. The summed E-state index contributed by atoms with van der Waals surface area (Å²) in [6, 6.07) is 3.01. The van der Waals surface area contributed by atoms with E-state index in [2.05, 4.69) is 0 Å². The lowest BCUT2D eigenvalue weighted by molar-refractivity contribution is -0.153. The molecule has 0 bridgehead atoms. The molecule has 7 heteroatoms. The SMILES string of the molecule is COc1cc(O)c(CCC(=O)O)cc1[C@@H]1OC(=O)[C@@]2(C)O[C@@H]12. The van der Waals surface area contributed by atoms with Crippen molar-refractivity contribution in [1.29, 1.82) is 0 Å². The Bertz CT molecular complexity index is 654. The number of fused-ring (bicyclic) bond motifs is 1. The number of aromatic hydroxyl groups is 1. The zero-order chi connectivity index (χ0) is 16.1. The van der Waals surface area contributed by atoms with Crippen LogP contribution < -0.4 is 4.74 Å². The van der Waals surface area contributed by atoms with Gasteiger partial charge in [0.05, 0.1) is 7.11 Å². The topological polar surface area (TPSA) is 106 Å². The van der Waals surface area contributed by atoms with Crippen LogP contribution in [0.5, 0.6) is 11.5 Å². The van der Waals surface area contributed by atoms with Gasteiger partial charge in [0.15, 0.2) is 11.7 Å². The van der Waals surface area contributed by atoms with E-state index in [9.17, 15) is 14.7 Å². The predicted molar refractivity (Wildman–Crippen MR) is 72.7 cm³/mol. The Hall–Kier alpha value is -2.28. The first-order chi connectivity index (χ1) is 10.4. The monoisotopic (exact) mass is 308 g/mol. The number of aliphatic carboxylic acids is 1. The molecule has 22 heavy (non-hydrogen) atoms. The lowest BCUT2D eigenvalue weighted by Gasteiger charge is -2.17. The minimum atomic E-state index is -0.956. The highest BCUT2D eigenvalue weighted by atomic mass is 16.7. The van der Waals surface area contributed by atoms with E-state index in [0.717, 1.165) is 0 Å². The molecule has 2 aliphatic rings. The summed E-state index contributed by atoms with van der Waals surface area (Å²) in [5.74, 6) is -1.06. The molecule has 1 aromatic rings. The summed E-state index contributed by atoms with van der Waals surface area (Å²) in [4.78, 5) is 22.5. The molecule has 0 amide bonds. The lowest BCUT2D eigenvalue weighted by atomic mass is 9.97. The maximum absolute atomic E-state index is 11.8. The van der Waals surface area contributed by atoms with E-state index in [-0.39, 0.29) is 24.7 Å². The van der Waals surface area contributed by atoms with Gasteiger partial charge in [-0.05, 0) is 25.0 Å². The number of epoxide rings is 1. The van der Waals surface area contributed by atoms with Crippen LogP contribution in [-0.2, 0) is 25.5 Å². The predicted octanol–water partition coefficient (Wildman–Crippen LogP) is 1.17. The number of aryl methyl sites for hydroxylation is 1. The highest BCUT2D eigenvalue weighted by Crippen LogP contribution is 2.54. The molecule has 2 aliphatic heterocycles. The largest absolute Gasteiger partial charge is 0.508 e. The molecular formula is C15H16O7. The van der Waals surface area contributed by atoms with E-state index in [1.165, 1.54) is 13.2 Å². The number of hydrogen-bond acceptors (Lipinski definition) is 6. The lowest BCUT2D eigenvalue weighted by Crippen LogP contribution is -2.17. The van der Waals surface area contributed by atoms with Gasteiger partial charge >= 0.3 is 11.9 Å². The Labute approximate surface area is 126 Å². The highest BCUT2D eigenvalue weighted by molar-refractivity contribution is 5.86. The Morgan fingerprint density at radius 3 is 2.68 bits per heavy atom. The fraction of sp³-hybridized carbons (Fsp3) is 0.467. The molecule has 2 saturated heterocycles. The van der Waals surface area contributed by atoms with E-state index in [1.807, 2.05) is 0 Å². The quantitative estimate of drug-likeness (QED) is 0.621. The van der Waals surface area contributed by atoms with Crippen LogP contribution in [-0.4, -0.2) is 41.0 Å². The molecule has 3 rings (SSSR count). The number of ether oxygens (including phenoxy) is 3. The van der Waals surface area contributed by atoms with Crippen molar-refractivity contribution in [1.82, 2.24) is 0 Å². The van der Waals surface area contributed by atoms with Crippen molar-refractivity contribution in [2.75, 3.05) is 7.11 Å². The molecule has 118 valence electrons. The van der Waals surface area contributed by atoms with Crippen LogP contribution in [0.15, 0.2) is 12.1 Å². The second-order valence-corrected chi connectivity index (χ2v) is 5.59. The third-order valence-electron chi connectivity index (χ3n) is 4.12. The molecule has 0 spiro atoms. The Morgan fingerprint density at radius 1 is 1.45 bits per heavy atom. The molecule has 0 radical (unpaired) electrons. The summed E-state index contributed by atoms with van der Waals surface area (Å²) < 4.78 is 16.0. The van der Waals surface area contributed by atoms with E-state index < -0.39 is 23.6 Å². The summed E-state index contributed by atoms with van der Waals surface area (Å²) >= 11 is 0. The Balaban J connectivity index is 1.94. The molecule has 1 aromatic carbocycles. The molecule has 0 saturated carbocycles. The van der Waals surface area contributed by atoms with Crippen molar-refractivity contribution < 1.29 is 34.0 Å². The summed E-state index contributed by atoms with van der Waals surface area (Å²) in [6.07, 6.45) is -0.939. The third-order valence-corrected chi connectivity index (χ3v) is 4.12. The van der Waals surface area contributed by atoms with E-state index in [1.54, 1.807) is 13.0 Å². The van der Waals surface area contributed by atoms with Gasteiger partial charge < -0.3 is 24.4 Å². The minimum absolute atomic E-state index is 0.0503. The molecular weight excluding hydrogens is 292 g/mol. The van der Waals surface area contributed by atoms with Gasteiger partial charge in [0.25, 0.3) is 0 Å². The average Bonchev–Trinajstić information content (AvgIpc) is 3.09. The molecule has 3 atom stereocenters. The fourth-order valence-corrected chi connectivity index (χ4v) is 2.74. The summed E-state index contributed by atoms with van der Waals surface area (Å²) in [7, 11) is 1.44. The van der Waals surface area contributed by atoms with Crippen LogP contribution in [0.25, 0.3) is 0 Å². The number of methoxy groups -OCH3 is 1. The van der Waals surface area contributed by atoms with Crippen molar-refractivity contribution in [3.05, 3.63) is 23.3 Å². The van der Waals surface area contributed by atoms with Gasteiger partial charge in [0, 0.05) is 18.1 Å². The standard InChI is InChI=1S/C15H16O7/c1-15-13(22-15)12(21-14(15)19)8-5-7(3-4-11(17)18)9(16)6-10(8)20-2/h5-6,12-13,16H,3-4H2,1-2H3,(H,17,18)/t12-,13-,15-/m0/s1. The van der Waals surface area contributed by atoms with Crippen LogP contribution in [0.2, 0.25) is 0 Å². The van der Waals surface area contributed by atoms with Crippen LogP contribution >= 0.6 is 0 Å². The van der Waals surface area contributed by atoms with E-state index in [4.69, 9.17) is 19.3 Å². The van der Waals surface area contributed by atoms with E-state index >= 15 is 0 Å². The number of carbonyl (C=O) groups is 2. The number of cyclic esters (lactones) is 1. The zero-order valence-electron chi connectivity index (χ0n) is 12.2. The second kappa shape index (κ2) is 4.88. The number of benzene rings is 1. The number of carbonyl (C=O) groups excluding carboxylic acids is 1. The molecule has 2 N–H and O–H groups in total. The van der Waals surface area contributed by atoms with Gasteiger partial charge in [-0.1, -0.05) is 0 Å². The van der Waals surface area contributed by atoms with Crippen LogP contribution in [0.4, 0.5) is 0 Å². The number of esters is 1. The highest BCUT2D eigenvalue weighted by Gasteiger charge is 2.70. The van der Waals surface area contributed by atoms with Gasteiger partial charge in [0.2, 0.25) is 0 Å². The summed E-state index contributed by atoms with van der Waals surface area (Å²) in [6.45, 7) is 1.66. The van der Waals surface area contributed by atoms with Gasteiger partial charge in [0.1, 0.15) is 17.6 Å². The molecule has 0 aliphatic carbocycles. The molecule has 2 fully saturated rings. The van der Waals surface area contributed by atoms with Crippen LogP contribution in [0, 0.1) is 0 Å². The third kappa shape index (κ3) is 2.18. The van der Waals surface area contributed by atoms with Gasteiger partial charge in [-0.25, -0.2) is 4.79 Å². The average molecular weight is 308 g/mol. The van der Waals surface area contributed by atoms with Crippen molar-refractivity contribution in [3.63, 3.8) is 0 Å². The molecule has 7 nitrogen and oxygen atoms in total. The first kappa shape index (κ1) is 14.6. The molecule has 2 heterocycles. The maximum atomic E-state index is 11.8. The summed E-state index contributed by atoms with van der Waals surface area (Å²) in [5.41, 5.74) is 0.123. The number of hydrogen-bond donors (Lipinski definition) is 2. The number of carboxylic acid groups (broad SMARTS) is 1. The van der Waals surface area contributed by atoms with E-state index in [0.29, 0.717) is 16.9 Å². The first-order valence-corrected chi connectivity index (χ1v) is 6.87. The number of phenols is 1. The van der Waals surface area contributed by atoms with Crippen molar-refractivity contribution in [3.8, 4) is 11.5 Å². The Morgan fingerprint density at radius 2 is 2.18 bits per heavy atom. The molecule has 0 aromatic heterocycles. The maximum Gasteiger partial charge on any atom is 0.341 e. The van der Waals surface area contributed by atoms with Crippen molar-refractivity contribution in [2.45, 2.75) is 37.6 Å². The molecule has 0 unspecified atom stereocenters. The summed E-state index contributed by atoms with van der Waals surface area (Å²) in [5, 5.41) is 18.7. The van der Waals surface area contributed by atoms with Crippen LogP contribution in [0.1, 0.15) is 30.6 Å². The second-order valence-electron chi connectivity index (χ2n) is 5.59. The number of phenolic OH excluding ortho intramolecular Hbond substituents is 1. The normalized spacial score (nSPS) is 28.9. The van der Waals surface area contributed by atoms with Gasteiger partial charge in [-0.3, -0.25) is 4.79 Å². The number of carboxylic acids is 1. The first-order valence-electron chi connectivity index (χ1n) is 6.87. The van der Waals surface area contributed by atoms with Gasteiger partial charge in [-0.2, -0.15) is 0 Å². The van der Waals surface area contributed by atoms with Gasteiger partial charge in [-0.15, -0.1) is 0 Å². The number of rotatable bonds is 5.